The van der Waals surface area contributed by atoms with Gasteiger partial charge in [-0.3, -0.25) is 9.59 Å². The first-order chi connectivity index (χ1) is 10.2. The highest BCUT2D eigenvalue weighted by Gasteiger charge is 2.23. The number of nitrogens with one attached hydrogen (secondary N) is 1. The number of amides is 2. The lowest BCUT2D eigenvalue weighted by Crippen LogP contribution is -2.26. The molecule has 1 N–H and O–H groups in total. The number of nitrogens with zero attached hydrogens (tertiary/aromatic N) is 1. The highest BCUT2D eigenvalue weighted by atomic mass is 16.2. The van der Waals surface area contributed by atoms with Gasteiger partial charge in [0.05, 0.1) is 0 Å². The molecule has 2 fully saturated rings. The van der Waals surface area contributed by atoms with Crippen LogP contribution < -0.4 is 10.2 Å². The lowest BCUT2D eigenvalue weighted by atomic mass is 9.88. The Bertz CT molecular complexity index is 535. The quantitative estimate of drug-likeness (QED) is 0.926. The van der Waals surface area contributed by atoms with Crippen molar-refractivity contribution in [3.05, 3.63) is 24.3 Å². The second-order valence-corrected chi connectivity index (χ2v) is 6.02. The Kier molecular flexibility index (Phi) is 4.23. The van der Waals surface area contributed by atoms with Crippen LogP contribution in [0.15, 0.2) is 24.3 Å². The van der Waals surface area contributed by atoms with Crippen molar-refractivity contribution < 1.29 is 9.59 Å². The smallest absolute Gasteiger partial charge is 0.227 e. The summed E-state index contributed by atoms with van der Waals surface area (Å²) in [5.41, 5.74) is 1.68. The Balaban J connectivity index is 1.68. The maximum absolute atomic E-state index is 12.3. The van der Waals surface area contributed by atoms with E-state index in [1.54, 1.807) is 4.90 Å². The van der Waals surface area contributed by atoms with Gasteiger partial charge in [0.15, 0.2) is 0 Å². The zero-order valence-corrected chi connectivity index (χ0v) is 12.3. The number of carbonyl (C=O) groups is 2. The topological polar surface area (TPSA) is 49.4 Å². The lowest BCUT2D eigenvalue weighted by molar-refractivity contribution is -0.120. The molecule has 0 atom stereocenters. The van der Waals surface area contributed by atoms with E-state index in [0.29, 0.717) is 6.42 Å². The van der Waals surface area contributed by atoms with Gasteiger partial charge in [-0.25, -0.2) is 0 Å². The van der Waals surface area contributed by atoms with Gasteiger partial charge < -0.3 is 10.2 Å². The van der Waals surface area contributed by atoms with Crippen molar-refractivity contribution >= 4 is 23.2 Å². The largest absolute Gasteiger partial charge is 0.326 e. The maximum atomic E-state index is 12.3. The second-order valence-electron chi connectivity index (χ2n) is 6.02. The molecule has 3 rings (SSSR count). The van der Waals surface area contributed by atoms with Gasteiger partial charge in [-0.05, 0) is 37.5 Å². The summed E-state index contributed by atoms with van der Waals surface area (Å²) in [4.78, 5) is 25.9. The summed E-state index contributed by atoms with van der Waals surface area (Å²) in [5, 5.41) is 3.01. The van der Waals surface area contributed by atoms with E-state index in [0.717, 1.165) is 50.0 Å². The van der Waals surface area contributed by atoms with E-state index in [2.05, 4.69) is 5.32 Å². The molecule has 0 bridgehead atoms. The fourth-order valence-electron chi connectivity index (χ4n) is 3.28. The molecule has 1 saturated heterocycles. The molecule has 1 saturated carbocycles. The summed E-state index contributed by atoms with van der Waals surface area (Å²) in [7, 11) is 0. The van der Waals surface area contributed by atoms with Gasteiger partial charge in [0.1, 0.15) is 0 Å². The molecule has 2 amide bonds. The standard InChI is InChI=1S/C17H22N2O2/c20-16-10-5-11-19(16)15-9-4-8-14(12-15)18-17(21)13-6-2-1-3-7-13/h4,8-9,12-13H,1-3,5-7,10-11H2,(H,18,21). The normalized spacial score (nSPS) is 19.8. The van der Waals surface area contributed by atoms with Crippen LogP contribution in [0.25, 0.3) is 0 Å². The van der Waals surface area contributed by atoms with Gasteiger partial charge in [0.25, 0.3) is 0 Å². The molecule has 1 aromatic carbocycles. The van der Waals surface area contributed by atoms with Crippen molar-refractivity contribution in [2.45, 2.75) is 44.9 Å². The monoisotopic (exact) mass is 286 g/mol. The van der Waals surface area contributed by atoms with Gasteiger partial charge in [-0.1, -0.05) is 25.3 Å². The molecule has 0 aromatic heterocycles. The van der Waals surface area contributed by atoms with E-state index in [1.165, 1.54) is 6.42 Å². The zero-order valence-electron chi connectivity index (χ0n) is 12.3. The van der Waals surface area contributed by atoms with E-state index < -0.39 is 0 Å². The minimum atomic E-state index is 0.125. The Hall–Kier alpha value is -1.84. The minimum Gasteiger partial charge on any atom is -0.326 e. The van der Waals surface area contributed by atoms with Crippen LogP contribution in [-0.2, 0) is 9.59 Å². The van der Waals surface area contributed by atoms with Crippen LogP contribution in [0, 0.1) is 5.92 Å². The third-order valence-electron chi connectivity index (χ3n) is 4.47. The first kappa shape index (κ1) is 14.1. The Morgan fingerprint density at radius 1 is 1.14 bits per heavy atom. The SMILES string of the molecule is O=C(Nc1cccc(N2CCCC2=O)c1)C1CCCCC1. The van der Waals surface area contributed by atoms with Crippen LogP contribution in [0.4, 0.5) is 11.4 Å². The zero-order chi connectivity index (χ0) is 14.7. The second kappa shape index (κ2) is 6.29. The maximum Gasteiger partial charge on any atom is 0.227 e. The Labute approximate surface area is 125 Å². The molecule has 1 aliphatic heterocycles. The van der Waals surface area contributed by atoms with Gasteiger partial charge in [0, 0.05) is 30.3 Å². The van der Waals surface area contributed by atoms with E-state index in [1.807, 2.05) is 24.3 Å². The lowest BCUT2D eigenvalue weighted by Gasteiger charge is -2.21. The van der Waals surface area contributed by atoms with Crippen LogP contribution in [0.2, 0.25) is 0 Å². The predicted octanol–water partition coefficient (Wildman–Crippen LogP) is 3.33. The van der Waals surface area contributed by atoms with Crippen molar-refractivity contribution in [1.82, 2.24) is 0 Å². The van der Waals surface area contributed by atoms with Gasteiger partial charge in [-0.15, -0.1) is 0 Å². The van der Waals surface area contributed by atoms with Crippen molar-refractivity contribution in [3.8, 4) is 0 Å². The van der Waals surface area contributed by atoms with Gasteiger partial charge in [0.2, 0.25) is 11.8 Å². The average Bonchev–Trinajstić information content (AvgIpc) is 2.94. The molecule has 1 aromatic rings. The molecule has 4 nitrogen and oxygen atoms in total. The third-order valence-corrected chi connectivity index (χ3v) is 4.47. The minimum absolute atomic E-state index is 0.125. The number of anilines is 2. The molecule has 1 heterocycles. The molecule has 4 heteroatoms. The third kappa shape index (κ3) is 3.26. The molecule has 21 heavy (non-hydrogen) atoms. The van der Waals surface area contributed by atoms with Crippen molar-refractivity contribution in [3.63, 3.8) is 0 Å². The Morgan fingerprint density at radius 3 is 2.67 bits per heavy atom. The number of carbonyl (C=O) groups excluding carboxylic acids is 2. The van der Waals surface area contributed by atoms with E-state index >= 15 is 0 Å². The first-order valence-electron chi connectivity index (χ1n) is 7.95. The van der Waals surface area contributed by atoms with Crippen molar-refractivity contribution in [1.29, 1.82) is 0 Å². The predicted molar refractivity (Wildman–Crippen MR) is 83.2 cm³/mol. The van der Waals surface area contributed by atoms with E-state index in [-0.39, 0.29) is 17.7 Å². The fraction of sp³-hybridized carbons (Fsp3) is 0.529. The first-order valence-corrected chi connectivity index (χ1v) is 7.95. The molecule has 0 spiro atoms. The highest BCUT2D eigenvalue weighted by Crippen LogP contribution is 2.27. The summed E-state index contributed by atoms with van der Waals surface area (Å²) >= 11 is 0. The summed E-state index contributed by atoms with van der Waals surface area (Å²) in [6, 6.07) is 7.63. The van der Waals surface area contributed by atoms with Crippen LogP contribution >= 0.6 is 0 Å². The van der Waals surface area contributed by atoms with Crippen LogP contribution in [0.1, 0.15) is 44.9 Å². The van der Waals surface area contributed by atoms with E-state index in [9.17, 15) is 9.59 Å². The molecule has 0 radical (unpaired) electrons. The van der Waals surface area contributed by atoms with Gasteiger partial charge >= 0.3 is 0 Å². The highest BCUT2D eigenvalue weighted by molar-refractivity contribution is 5.97. The number of hydrogen-bond donors (Lipinski definition) is 1. The van der Waals surface area contributed by atoms with Crippen molar-refractivity contribution in [2.24, 2.45) is 5.92 Å². The fourth-order valence-corrected chi connectivity index (χ4v) is 3.28. The van der Waals surface area contributed by atoms with Crippen LogP contribution in [-0.4, -0.2) is 18.4 Å². The average molecular weight is 286 g/mol. The molecular weight excluding hydrogens is 264 g/mol. The number of benzene rings is 1. The summed E-state index contributed by atoms with van der Waals surface area (Å²) in [5.74, 6) is 0.446. The number of rotatable bonds is 3. The van der Waals surface area contributed by atoms with Gasteiger partial charge in [-0.2, -0.15) is 0 Å². The summed E-state index contributed by atoms with van der Waals surface area (Å²) in [6.45, 7) is 0.777. The summed E-state index contributed by atoms with van der Waals surface area (Å²) < 4.78 is 0. The van der Waals surface area contributed by atoms with Crippen LogP contribution in [0.5, 0.6) is 0 Å². The summed E-state index contributed by atoms with van der Waals surface area (Å²) in [6.07, 6.45) is 7.08. The molecule has 2 aliphatic rings. The van der Waals surface area contributed by atoms with Crippen LogP contribution in [0.3, 0.4) is 0 Å². The molecule has 0 unspecified atom stereocenters. The molecule has 112 valence electrons. The molecule has 1 aliphatic carbocycles. The van der Waals surface area contributed by atoms with Crippen molar-refractivity contribution in [2.75, 3.05) is 16.8 Å². The number of hydrogen-bond acceptors (Lipinski definition) is 2. The molecular formula is C17H22N2O2. The van der Waals surface area contributed by atoms with E-state index in [4.69, 9.17) is 0 Å². The Morgan fingerprint density at radius 2 is 1.95 bits per heavy atom.